The molecule has 1 aliphatic heterocycles. The first kappa shape index (κ1) is 19.8. The molecule has 1 aliphatic rings. The second kappa shape index (κ2) is 7.71. The molecular weight excluding hydrogens is 386 g/mol. The molecule has 0 saturated heterocycles. The molecule has 4 rings (SSSR count). The molecule has 0 fully saturated rings. The summed E-state index contributed by atoms with van der Waals surface area (Å²) in [5.41, 5.74) is 3.71. The molecule has 152 valence electrons. The zero-order valence-electron chi connectivity index (χ0n) is 16.6. The molecule has 3 aromatic rings. The van der Waals surface area contributed by atoms with E-state index in [2.05, 4.69) is 5.32 Å². The second-order valence-corrected chi connectivity index (χ2v) is 7.54. The van der Waals surface area contributed by atoms with Gasteiger partial charge in [-0.25, -0.2) is 8.78 Å². The van der Waals surface area contributed by atoms with Crippen LogP contribution in [0.1, 0.15) is 38.7 Å². The van der Waals surface area contributed by atoms with Gasteiger partial charge in [0, 0.05) is 16.8 Å². The Bertz CT molecular complexity index is 1120. The zero-order chi connectivity index (χ0) is 21.4. The van der Waals surface area contributed by atoms with Crippen molar-refractivity contribution < 1.29 is 18.4 Å². The van der Waals surface area contributed by atoms with Gasteiger partial charge in [0.25, 0.3) is 5.91 Å². The first-order valence-corrected chi connectivity index (χ1v) is 9.56. The number of hydrogen-bond acceptors (Lipinski definition) is 2. The van der Waals surface area contributed by atoms with Gasteiger partial charge in [-0.2, -0.15) is 0 Å². The van der Waals surface area contributed by atoms with Crippen LogP contribution in [0.15, 0.2) is 60.7 Å². The van der Waals surface area contributed by atoms with E-state index in [0.717, 1.165) is 11.1 Å². The van der Waals surface area contributed by atoms with E-state index in [1.165, 1.54) is 35.2 Å². The molecule has 0 saturated carbocycles. The fourth-order valence-corrected chi connectivity index (χ4v) is 3.93. The van der Waals surface area contributed by atoms with Gasteiger partial charge in [0.2, 0.25) is 5.91 Å². The van der Waals surface area contributed by atoms with Crippen LogP contribution >= 0.6 is 0 Å². The van der Waals surface area contributed by atoms with E-state index in [1.807, 2.05) is 19.9 Å². The molecule has 30 heavy (non-hydrogen) atoms. The first-order valence-electron chi connectivity index (χ1n) is 9.56. The van der Waals surface area contributed by atoms with Gasteiger partial charge < -0.3 is 10.2 Å². The highest BCUT2D eigenvalue weighted by atomic mass is 19.1. The molecule has 1 N–H and O–H groups in total. The summed E-state index contributed by atoms with van der Waals surface area (Å²) in [6.45, 7) is 3.56. The monoisotopic (exact) mass is 406 g/mol. The summed E-state index contributed by atoms with van der Waals surface area (Å²) in [5, 5.41) is 2.75. The first-order chi connectivity index (χ1) is 14.3. The van der Waals surface area contributed by atoms with Gasteiger partial charge in [-0.1, -0.05) is 29.3 Å². The Hall–Kier alpha value is -3.54. The second-order valence-electron chi connectivity index (χ2n) is 7.54. The van der Waals surface area contributed by atoms with Crippen molar-refractivity contribution in [3.8, 4) is 0 Å². The highest BCUT2D eigenvalue weighted by Gasteiger charge is 2.34. The van der Waals surface area contributed by atoms with Crippen LogP contribution in [0, 0.1) is 25.5 Å². The van der Waals surface area contributed by atoms with E-state index >= 15 is 0 Å². The van der Waals surface area contributed by atoms with Crippen molar-refractivity contribution in [1.29, 1.82) is 0 Å². The van der Waals surface area contributed by atoms with E-state index in [0.29, 0.717) is 22.4 Å². The lowest BCUT2D eigenvalue weighted by Crippen LogP contribution is -2.39. The summed E-state index contributed by atoms with van der Waals surface area (Å²) in [4.78, 5) is 27.5. The molecule has 0 aliphatic carbocycles. The summed E-state index contributed by atoms with van der Waals surface area (Å²) in [5.74, 6) is -1.65. The van der Waals surface area contributed by atoms with Crippen LogP contribution in [-0.2, 0) is 4.79 Å². The van der Waals surface area contributed by atoms with E-state index in [-0.39, 0.29) is 18.4 Å². The minimum absolute atomic E-state index is 0.218. The highest BCUT2D eigenvalue weighted by Crippen LogP contribution is 2.37. The highest BCUT2D eigenvalue weighted by molar-refractivity contribution is 6.01. The fourth-order valence-electron chi connectivity index (χ4n) is 3.93. The molecule has 1 atom stereocenters. The van der Waals surface area contributed by atoms with E-state index in [9.17, 15) is 18.4 Å². The summed E-state index contributed by atoms with van der Waals surface area (Å²) >= 11 is 0. The topological polar surface area (TPSA) is 49.4 Å². The van der Waals surface area contributed by atoms with Gasteiger partial charge in [0.05, 0.1) is 6.04 Å². The van der Waals surface area contributed by atoms with Crippen LogP contribution in [0.3, 0.4) is 0 Å². The SMILES string of the molecule is Cc1cc(C)cc(C(=O)N2CC(=O)Nc3ccc(F)cc3[C@H]2c2ccc(F)cc2)c1. The Morgan fingerprint density at radius 1 is 0.933 bits per heavy atom. The Morgan fingerprint density at radius 2 is 1.57 bits per heavy atom. The number of nitrogens with one attached hydrogen (secondary N) is 1. The number of hydrogen-bond donors (Lipinski definition) is 1. The normalized spacial score (nSPS) is 15.9. The van der Waals surface area contributed by atoms with Gasteiger partial charge in [0.15, 0.2) is 0 Å². The van der Waals surface area contributed by atoms with E-state index in [1.54, 1.807) is 24.3 Å². The van der Waals surface area contributed by atoms with Crippen LogP contribution in [0.5, 0.6) is 0 Å². The lowest BCUT2D eigenvalue weighted by Gasteiger charge is -2.31. The predicted molar refractivity (Wildman–Crippen MR) is 110 cm³/mol. The summed E-state index contributed by atoms with van der Waals surface area (Å²) in [6.07, 6.45) is 0. The number of nitrogens with zero attached hydrogens (tertiary/aromatic N) is 1. The van der Waals surface area contributed by atoms with Gasteiger partial charge >= 0.3 is 0 Å². The van der Waals surface area contributed by atoms with Crippen LogP contribution in [-0.4, -0.2) is 23.3 Å². The van der Waals surface area contributed by atoms with E-state index in [4.69, 9.17) is 0 Å². The maximum atomic E-state index is 14.2. The Morgan fingerprint density at radius 3 is 2.23 bits per heavy atom. The summed E-state index contributed by atoms with van der Waals surface area (Å²) in [6, 6.07) is 14.4. The number of carbonyl (C=O) groups is 2. The van der Waals surface area contributed by atoms with Crippen molar-refractivity contribution in [1.82, 2.24) is 4.90 Å². The number of rotatable bonds is 2. The average molecular weight is 406 g/mol. The Kier molecular flexibility index (Phi) is 5.08. The molecule has 4 nitrogen and oxygen atoms in total. The summed E-state index contributed by atoms with van der Waals surface area (Å²) < 4.78 is 27.7. The molecule has 0 unspecified atom stereocenters. The lowest BCUT2D eigenvalue weighted by molar-refractivity contribution is -0.117. The van der Waals surface area contributed by atoms with Crippen molar-refractivity contribution >= 4 is 17.5 Å². The molecule has 2 amide bonds. The van der Waals surface area contributed by atoms with Gasteiger partial charge in [-0.05, 0) is 61.9 Å². The molecule has 0 radical (unpaired) electrons. The molecule has 0 bridgehead atoms. The van der Waals surface area contributed by atoms with Gasteiger partial charge in [-0.3, -0.25) is 9.59 Å². The fraction of sp³-hybridized carbons (Fsp3) is 0.167. The van der Waals surface area contributed by atoms with Crippen molar-refractivity contribution in [3.63, 3.8) is 0 Å². The minimum Gasteiger partial charge on any atom is -0.324 e. The molecule has 0 aromatic heterocycles. The smallest absolute Gasteiger partial charge is 0.255 e. The maximum absolute atomic E-state index is 14.2. The number of aryl methyl sites for hydroxylation is 2. The average Bonchev–Trinajstić information content (AvgIpc) is 2.83. The Balaban J connectivity index is 1.90. The number of amides is 2. The number of anilines is 1. The van der Waals surface area contributed by atoms with Gasteiger partial charge in [-0.15, -0.1) is 0 Å². The summed E-state index contributed by atoms with van der Waals surface area (Å²) in [7, 11) is 0. The third-order valence-corrected chi connectivity index (χ3v) is 5.12. The molecule has 6 heteroatoms. The minimum atomic E-state index is -0.761. The van der Waals surface area contributed by atoms with Crippen molar-refractivity contribution in [2.24, 2.45) is 0 Å². The molecule has 0 spiro atoms. The number of halogens is 2. The van der Waals surface area contributed by atoms with Crippen LogP contribution in [0.25, 0.3) is 0 Å². The van der Waals surface area contributed by atoms with Gasteiger partial charge in [0.1, 0.15) is 18.2 Å². The third-order valence-electron chi connectivity index (χ3n) is 5.12. The number of fused-ring (bicyclic) bond motifs is 1. The lowest BCUT2D eigenvalue weighted by atomic mass is 9.94. The largest absolute Gasteiger partial charge is 0.324 e. The quantitative estimate of drug-likeness (QED) is 0.667. The molecule has 1 heterocycles. The zero-order valence-corrected chi connectivity index (χ0v) is 16.6. The predicted octanol–water partition coefficient (Wildman–Crippen LogP) is 4.77. The number of carbonyl (C=O) groups excluding carboxylic acids is 2. The van der Waals surface area contributed by atoms with Crippen LogP contribution in [0.2, 0.25) is 0 Å². The molecular formula is C24H20F2N2O2. The third kappa shape index (κ3) is 3.81. The molecule has 3 aromatic carbocycles. The van der Waals surface area contributed by atoms with Crippen LogP contribution in [0.4, 0.5) is 14.5 Å². The standard InChI is InChI=1S/C24H20F2N2O2/c1-14-9-15(2)11-17(10-14)24(30)28-13-22(29)27-21-8-7-19(26)12-20(21)23(28)16-3-5-18(25)6-4-16/h3-12,23H,13H2,1-2H3,(H,27,29)/t23-/m1/s1. The maximum Gasteiger partial charge on any atom is 0.255 e. The van der Waals surface area contributed by atoms with Crippen molar-refractivity contribution in [3.05, 3.63) is 100 Å². The number of benzene rings is 3. The van der Waals surface area contributed by atoms with Crippen LogP contribution < -0.4 is 5.32 Å². The van der Waals surface area contributed by atoms with E-state index < -0.39 is 17.7 Å². The van der Waals surface area contributed by atoms with Crippen molar-refractivity contribution in [2.45, 2.75) is 19.9 Å². The van der Waals surface area contributed by atoms with Crippen molar-refractivity contribution in [2.75, 3.05) is 11.9 Å². The Labute approximate surface area is 173 Å².